The molecule has 8 heteroatoms. The standard InChI is InChI=1S/C14H19N3O4S/c1-10-8-14(18)15-13-5-4-11(9-12(10)13)16-22(19,20)17(2)6-7-21-3/h4-5,8-9,16H,6-7H2,1-3H3,(H,15,18). The third-order valence-electron chi connectivity index (χ3n) is 3.32. The van der Waals surface area contributed by atoms with Gasteiger partial charge in [0, 0.05) is 37.7 Å². The summed E-state index contributed by atoms with van der Waals surface area (Å²) in [6.07, 6.45) is 0. The molecule has 0 saturated carbocycles. The largest absolute Gasteiger partial charge is 0.383 e. The third kappa shape index (κ3) is 3.65. The zero-order valence-corrected chi connectivity index (χ0v) is 13.5. The van der Waals surface area contributed by atoms with Crippen molar-refractivity contribution >= 4 is 26.8 Å². The molecule has 2 N–H and O–H groups in total. The van der Waals surface area contributed by atoms with E-state index < -0.39 is 10.2 Å². The number of hydrogen-bond donors (Lipinski definition) is 2. The summed E-state index contributed by atoms with van der Waals surface area (Å²) in [5.41, 5.74) is 1.71. The van der Waals surface area contributed by atoms with Crippen LogP contribution in [0.15, 0.2) is 29.1 Å². The average Bonchev–Trinajstić information content (AvgIpc) is 2.45. The minimum absolute atomic E-state index is 0.183. The first-order chi connectivity index (χ1) is 10.3. The molecule has 1 aromatic carbocycles. The molecule has 0 aliphatic carbocycles. The van der Waals surface area contributed by atoms with Gasteiger partial charge in [0.2, 0.25) is 5.56 Å². The number of ether oxygens (including phenoxy) is 1. The zero-order valence-electron chi connectivity index (χ0n) is 12.7. The molecule has 120 valence electrons. The molecule has 1 heterocycles. The first kappa shape index (κ1) is 16.5. The number of aromatic amines is 1. The molecule has 7 nitrogen and oxygen atoms in total. The van der Waals surface area contributed by atoms with E-state index in [0.29, 0.717) is 17.8 Å². The number of methoxy groups -OCH3 is 1. The summed E-state index contributed by atoms with van der Waals surface area (Å²) < 4.78 is 32.9. The van der Waals surface area contributed by atoms with Crippen molar-refractivity contribution < 1.29 is 13.2 Å². The first-order valence-corrected chi connectivity index (χ1v) is 8.14. The van der Waals surface area contributed by atoms with Crippen LogP contribution in [0.25, 0.3) is 10.9 Å². The van der Waals surface area contributed by atoms with Crippen LogP contribution in [0.3, 0.4) is 0 Å². The van der Waals surface area contributed by atoms with Gasteiger partial charge in [0.05, 0.1) is 12.3 Å². The average molecular weight is 325 g/mol. The van der Waals surface area contributed by atoms with Gasteiger partial charge < -0.3 is 9.72 Å². The summed E-state index contributed by atoms with van der Waals surface area (Å²) in [5, 5.41) is 0.791. The van der Waals surface area contributed by atoms with Crippen molar-refractivity contribution in [2.45, 2.75) is 6.92 Å². The lowest BCUT2D eigenvalue weighted by Gasteiger charge is -2.18. The lowest BCUT2D eigenvalue weighted by Crippen LogP contribution is -2.34. The number of fused-ring (bicyclic) bond motifs is 1. The lowest BCUT2D eigenvalue weighted by atomic mass is 10.1. The van der Waals surface area contributed by atoms with Gasteiger partial charge in [0.1, 0.15) is 0 Å². The van der Waals surface area contributed by atoms with E-state index in [1.54, 1.807) is 25.1 Å². The van der Waals surface area contributed by atoms with Crippen LogP contribution < -0.4 is 10.3 Å². The van der Waals surface area contributed by atoms with E-state index >= 15 is 0 Å². The van der Waals surface area contributed by atoms with Gasteiger partial charge in [-0.2, -0.15) is 12.7 Å². The smallest absolute Gasteiger partial charge is 0.301 e. The molecule has 0 saturated heterocycles. The Hall–Kier alpha value is -1.90. The minimum Gasteiger partial charge on any atom is -0.383 e. The van der Waals surface area contributed by atoms with Crippen LogP contribution in [0.4, 0.5) is 5.69 Å². The van der Waals surface area contributed by atoms with Gasteiger partial charge in [-0.25, -0.2) is 0 Å². The number of hydrogen-bond acceptors (Lipinski definition) is 4. The van der Waals surface area contributed by atoms with Gasteiger partial charge in [-0.1, -0.05) is 0 Å². The monoisotopic (exact) mass is 325 g/mol. The number of pyridine rings is 1. The van der Waals surface area contributed by atoms with E-state index in [1.165, 1.54) is 24.5 Å². The highest BCUT2D eigenvalue weighted by molar-refractivity contribution is 7.90. The Morgan fingerprint density at radius 3 is 2.73 bits per heavy atom. The van der Waals surface area contributed by atoms with Crippen LogP contribution in [-0.4, -0.2) is 45.0 Å². The highest BCUT2D eigenvalue weighted by Crippen LogP contribution is 2.20. The Morgan fingerprint density at radius 1 is 1.32 bits per heavy atom. The van der Waals surface area contributed by atoms with Crippen LogP contribution in [0.2, 0.25) is 0 Å². The third-order valence-corrected chi connectivity index (χ3v) is 4.81. The normalized spacial score (nSPS) is 12.0. The molecule has 0 bridgehead atoms. The predicted molar refractivity (Wildman–Crippen MR) is 86.4 cm³/mol. The van der Waals surface area contributed by atoms with Gasteiger partial charge in [-0.15, -0.1) is 0 Å². The van der Waals surface area contributed by atoms with Crippen molar-refractivity contribution in [1.82, 2.24) is 9.29 Å². The Labute approximate surface area is 129 Å². The van der Waals surface area contributed by atoms with Crippen molar-refractivity contribution in [2.24, 2.45) is 0 Å². The summed E-state index contributed by atoms with van der Waals surface area (Å²) in [7, 11) is -0.652. The number of H-pyrrole nitrogens is 1. The summed E-state index contributed by atoms with van der Waals surface area (Å²) in [4.78, 5) is 14.1. The summed E-state index contributed by atoms with van der Waals surface area (Å²) in [6, 6.07) is 6.46. The minimum atomic E-state index is -3.64. The van der Waals surface area contributed by atoms with Crippen molar-refractivity contribution in [3.8, 4) is 0 Å². The molecule has 0 amide bonds. The maximum atomic E-state index is 12.2. The first-order valence-electron chi connectivity index (χ1n) is 6.70. The van der Waals surface area contributed by atoms with Crippen LogP contribution in [-0.2, 0) is 14.9 Å². The van der Waals surface area contributed by atoms with E-state index in [2.05, 4.69) is 9.71 Å². The van der Waals surface area contributed by atoms with Crippen LogP contribution in [0, 0.1) is 6.92 Å². The van der Waals surface area contributed by atoms with Crippen molar-refractivity contribution in [2.75, 3.05) is 32.0 Å². The fraction of sp³-hybridized carbons (Fsp3) is 0.357. The van der Waals surface area contributed by atoms with Crippen LogP contribution in [0.5, 0.6) is 0 Å². The van der Waals surface area contributed by atoms with Crippen molar-refractivity contribution in [1.29, 1.82) is 0 Å². The topological polar surface area (TPSA) is 91.5 Å². The highest BCUT2D eigenvalue weighted by Gasteiger charge is 2.17. The molecule has 22 heavy (non-hydrogen) atoms. The van der Waals surface area contributed by atoms with E-state index in [0.717, 1.165) is 10.9 Å². The fourth-order valence-electron chi connectivity index (χ4n) is 2.05. The molecular weight excluding hydrogens is 306 g/mol. The van der Waals surface area contributed by atoms with Gasteiger partial charge in [-0.3, -0.25) is 9.52 Å². The van der Waals surface area contributed by atoms with Gasteiger partial charge in [0.15, 0.2) is 0 Å². The number of anilines is 1. The number of rotatable bonds is 6. The Balaban J connectivity index is 2.30. The number of nitrogens with one attached hydrogen (secondary N) is 2. The van der Waals surface area contributed by atoms with Gasteiger partial charge in [-0.05, 0) is 30.7 Å². The maximum Gasteiger partial charge on any atom is 0.301 e. The maximum absolute atomic E-state index is 12.2. The van der Waals surface area contributed by atoms with E-state index in [9.17, 15) is 13.2 Å². The number of likely N-dealkylation sites (N-methyl/N-ethyl adjacent to an activating group) is 1. The van der Waals surface area contributed by atoms with Gasteiger partial charge in [0.25, 0.3) is 0 Å². The predicted octanol–water partition coefficient (Wildman–Crippen LogP) is 1.07. The van der Waals surface area contributed by atoms with Crippen molar-refractivity contribution in [3.63, 3.8) is 0 Å². The summed E-state index contributed by atoms with van der Waals surface area (Å²) in [5.74, 6) is 0. The van der Waals surface area contributed by atoms with E-state index in [-0.39, 0.29) is 12.1 Å². The summed E-state index contributed by atoms with van der Waals surface area (Å²) in [6.45, 7) is 2.38. The number of benzene rings is 1. The SMILES string of the molecule is COCCN(C)S(=O)(=O)Nc1ccc2[nH]c(=O)cc(C)c2c1. The molecule has 0 aliphatic heterocycles. The number of aryl methyl sites for hydroxylation is 1. The summed E-state index contributed by atoms with van der Waals surface area (Å²) >= 11 is 0. The lowest BCUT2D eigenvalue weighted by molar-refractivity contribution is 0.185. The molecule has 1 aromatic heterocycles. The quantitative estimate of drug-likeness (QED) is 0.831. The molecule has 0 atom stereocenters. The Kier molecular flexibility index (Phi) is 4.84. The molecule has 0 radical (unpaired) electrons. The molecule has 2 rings (SSSR count). The van der Waals surface area contributed by atoms with E-state index in [4.69, 9.17) is 4.74 Å². The Morgan fingerprint density at radius 2 is 2.05 bits per heavy atom. The van der Waals surface area contributed by atoms with Gasteiger partial charge >= 0.3 is 10.2 Å². The molecule has 0 spiro atoms. The fourth-order valence-corrected chi connectivity index (χ4v) is 2.95. The number of nitrogens with zero attached hydrogens (tertiary/aromatic N) is 1. The molecule has 2 aromatic rings. The second-order valence-corrected chi connectivity index (χ2v) is 6.78. The molecule has 0 aliphatic rings. The zero-order chi connectivity index (χ0) is 16.3. The highest BCUT2D eigenvalue weighted by atomic mass is 32.2. The number of aromatic nitrogens is 1. The molecule has 0 unspecified atom stereocenters. The second kappa shape index (κ2) is 6.47. The Bertz CT molecular complexity index is 830. The van der Waals surface area contributed by atoms with Crippen LogP contribution >= 0.6 is 0 Å². The van der Waals surface area contributed by atoms with Crippen molar-refractivity contribution in [3.05, 3.63) is 40.2 Å². The molecular formula is C14H19N3O4S. The second-order valence-electron chi connectivity index (χ2n) is 5.00. The van der Waals surface area contributed by atoms with Crippen LogP contribution in [0.1, 0.15) is 5.56 Å². The van der Waals surface area contributed by atoms with E-state index in [1.807, 2.05) is 0 Å². The molecule has 0 fully saturated rings.